The quantitative estimate of drug-likeness (QED) is 0.649. The second kappa shape index (κ2) is 7.25. The number of amides is 1. The minimum atomic E-state index is -4.54. The normalized spacial score (nSPS) is 19.6. The summed E-state index contributed by atoms with van der Waals surface area (Å²) in [5, 5.41) is 9.55. The van der Waals surface area contributed by atoms with E-state index in [1.54, 1.807) is 30.3 Å². The number of halogens is 3. The van der Waals surface area contributed by atoms with Crippen molar-refractivity contribution in [1.82, 2.24) is 15.1 Å². The Bertz CT molecular complexity index is 1110. The third-order valence-corrected chi connectivity index (χ3v) is 5.29. The third kappa shape index (κ3) is 3.56. The average molecular weight is 434 g/mol. The highest BCUT2D eigenvalue weighted by molar-refractivity contribution is 5.98. The number of hydrogen-bond acceptors (Lipinski definition) is 6. The number of hydrogen-bond donors (Lipinski definition) is 2. The SMILES string of the molecule is O=C(NCc1ccco1)c1cnn2c1N[C@@H](c1ccc3c(c1)OCO3)C[C@H]2C(F)(F)F. The van der Waals surface area contributed by atoms with Crippen LogP contribution in [0, 0.1) is 0 Å². The predicted molar refractivity (Wildman–Crippen MR) is 101 cm³/mol. The van der Waals surface area contributed by atoms with Crippen molar-refractivity contribution < 1.29 is 31.9 Å². The number of ether oxygens (including phenoxy) is 2. The van der Waals surface area contributed by atoms with E-state index in [4.69, 9.17) is 13.9 Å². The Morgan fingerprint density at radius 3 is 2.87 bits per heavy atom. The van der Waals surface area contributed by atoms with Crippen molar-refractivity contribution in [2.75, 3.05) is 12.1 Å². The number of fused-ring (bicyclic) bond motifs is 2. The van der Waals surface area contributed by atoms with Crippen molar-refractivity contribution >= 4 is 11.7 Å². The van der Waals surface area contributed by atoms with Crippen LogP contribution in [0.25, 0.3) is 0 Å². The van der Waals surface area contributed by atoms with Gasteiger partial charge in [0, 0.05) is 6.42 Å². The molecule has 8 nitrogen and oxygen atoms in total. The van der Waals surface area contributed by atoms with Crippen molar-refractivity contribution in [3.8, 4) is 11.5 Å². The first-order valence-electron chi connectivity index (χ1n) is 9.51. The first-order chi connectivity index (χ1) is 14.9. The maximum Gasteiger partial charge on any atom is 0.410 e. The molecule has 1 aromatic carbocycles. The summed E-state index contributed by atoms with van der Waals surface area (Å²) in [5.74, 6) is 0.979. The molecule has 11 heteroatoms. The molecule has 0 spiro atoms. The molecule has 4 heterocycles. The maximum atomic E-state index is 13.8. The topological polar surface area (TPSA) is 90.6 Å². The van der Waals surface area contributed by atoms with Crippen molar-refractivity contribution in [2.24, 2.45) is 0 Å². The fourth-order valence-electron chi connectivity index (χ4n) is 3.75. The predicted octanol–water partition coefficient (Wildman–Crippen LogP) is 3.80. The lowest BCUT2D eigenvalue weighted by Gasteiger charge is -2.34. The number of rotatable bonds is 4. The van der Waals surface area contributed by atoms with E-state index in [2.05, 4.69) is 15.7 Å². The smallest absolute Gasteiger partial charge is 0.410 e. The lowest BCUT2D eigenvalue weighted by atomic mass is 9.96. The number of nitrogens with one attached hydrogen (secondary N) is 2. The van der Waals surface area contributed by atoms with Gasteiger partial charge < -0.3 is 24.5 Å². The highest BCUT2D eigenvalue weighted by Gasteiger charge is 2.47. The van der Waals surface area contributed by atoms with Crippen LogP contribution in [0.3, 0.4) is 0 Å². The number of anilines is 1. The average Bonchev–Trinajstić information content (AvgIpc) is 3.50. The standard InChI is InChI=1S/C20H17F3N4O4/c21-20(22,23)17-7-14(11-3-4-15-16(6-11)31-10-30-15)26-18-13(9-25-27(17)18)19(28)24-8-12-2-1-5-29-12/h1-6,9,14,17,26H,7-8,10H2,(H,24,28)/t14-,17+/m1/s1. The zero-order chi connectivity index (χ0) is 21.6. The van der Waals surface area contributed by atoms with Crippen molar-refractivity contribution in [3.05, 3.63) is 59.7 Å². The summed E-state index contributed by atoms with van der Waals surface area (Å²) in [4.78, 5) is 12.7. The molecule has 5 rings (SSSR count). The van der Waals surface area contributed by atoms with Crippen LogP contribution in [0.1, 0.15) is 40.2 Å². The first-order valence-corrected chi connectivity index (χ1v) is 9.51. The Morgan fingerprint density at radius 1 is 1.26 bits per heavy atom. The summed E-state index contributed by atoms with van der Waals surface area (Å²) < 4.78 is 58.1. The molecule has 0 bridgehead atoms. The number of benzene rings is 1. The zero-order valence-corrected chi connectivity index (χ0v) is 16.0. The molecule has 3 aromatic rings. The molecule has 2 aromatic heterocycles. The second-order valence-electron chi connectivity index (χ2n) is 7.22. The minimum Gasteiger partial charge on any atom is -0.467 e. The molecule has 2 aliphatic heterocycles. The number of nitrogens with zero attached hydrogens (tertiary/aromatic N) is 2. The second-order valence-corrected chi connectivity index (χ2v) is 7.22. The van der Waals surface area contributed by atoms with Gasteiger partial charge in [0.05, 0.1) is 25.0 Å². The summed E-state index contributed by atoms with van der Waals surface area (Å²) in [6, 6.07) is 5.76. The van der Waals surface area contributed by atoms with E-state index in [1.807, 2.05) is 0 Å². The van der Waals surface area contributed by atoms with Crippen LogP contribution in [0.15, 0.2) is 47.2 Å². The maximum absolute atomic E-state index is 13.8. The van der Waals surface area contributed by atoms with Gasteiger partial charge in [-0.15, -0.1) is 0 Å². The van der Waals surface area contributed by atoms with Crippen molar-refractivity contribution in [1.29, 1.82) is 0 Å². The Kier molecular flexibility index (Phi) is 4.53. The van der Waals surface area contributed by atoms with Gasteiger partial charge in [0.2, 0.25) is 6.79 Å². The van der Waals surface area contributed by atoms with Gasteiger partial charge in [-0.2, -0.15) is 18.3 Å². The molecule has 162 valence electrons. The monoisotopic (exact) mass is 434 g/mol. The fraction of sp³-hybridized carbons (Fsp3) is 0.300. The Labute approximate surface area is 173 Å². The molecule has 1 amide bonds. The Balaban J connectivity index is 1.45. The largest absolute Gasteiger partial charge is 0.467 e. The van der Waals surface area contributed by atoms with Gasteiger partial charge in [0.15, 0.2) is 17.5 Å². The Morgan fingerprint density at radius 2 is 2.10 bits per heavy atom. The molecular weight excluding hydrogens is 417 g/mol. The lowest BCUT2D eigenvalue weighted by Crippen LogP contribution is -2.36. The molecule has 0 saturated carbocycles. The third-order valence-electron chi connectivity index (χ3n) is 5.29. The van der Waals surface area contributed by atoms with Gasteiger partial charge in [0.1, 0.15) is 17.1 Å². The molecule has 2 N–H and O–H groups in total. The van der Waals surface area contributed by atoms with Crippen molar-refractivity contribution in [3.63, 3.8) is 0 Å². The summed E-state index contributed by atoms with van der Waals surface area (Å²) in [5.41, 5.74) is 0.610. The molecule has 0 fully saturated rings. The van der Waals surface area contributed by atoms with Crippen LogP contribution in [-0.4, -0.2) is 28.7 Å². The van der Waals surface area contributed by atoms with Crippen LogP contribution in [0.4, 0.5) is 19.0 Å². The van der Waals surface area contributed by atoms with Gasteiger partial charge >= 0.3 is 6.18 Å². The van der Waals surface area contributed by atoms with Gasteiger partial charge in [-0.25, -0.2) is 4.68 Å². The molecule has 0 unspecified atom stereocenters. The highest BCUT2D eigenvalue weighted by Crippen LogP contribution is 2.45. The number of alkyl halides is 3. The Hall–Kier alpha value is -3.63. The molecule has 31 heavy (non-hydrogen) atoms. The molecule has 0 saturated heterocycles. The van der Waals surface area contributed by atoms with Crippen LogP contribution < -0.4 is 20.1 Å². The molecule has 2 atom stereocenters. The molecular formula is C20H17F3N4O4. The van der Waals surface area contributed by atoms with E-state index in [-0.39, 0.29) is 31.1 Å². The van der Waals surface area contributed by atoms with Gasteiger partial charge in [-0.1, -0.05) is 6.07 Å². The van der Waals surface area contributed by atoms with Crippen LogP contribution in [0.2, 0.25) is 0 Å². The van der Waals surface area contributed by atoms with Gasteiger partial charge in [-0.05, 0) is 29.8 Å². The van der Waals surface area contributed by atoms with E-state index < -0.39 is 24.2 Å². The van der Waals surface area contributed by atoms with Gasteiger partial charge in [0.25, 0.3) is 5.91 Å². The number of aromatic nitrogens is 2. The van der Waals surface area contributed by atoms with E-state index >= 15 is 0 Å². The number of carbonyl (C=O) groups is 1. The van der Waals surface area contributed by atoms with E-state index in [9.17, 15) is 18.0 Å². The first kappa shape index (κ1) is 19.3. The van der Waals surface area contributed by atoms with Crippen LogP contribution in [-0.2, 0) is 6.54 Å². The van der Waals surface area contributed by atoms with Crippen LogP contribution >= 0.6 is 0 Å². The molecule has 0 aliphatic carbocycles. The van der Waals surface area contributed by atoms with Crippen LogP contribution in [0.5, 0.6) is 11.5 Å². The highest BCUT2D eigenvalue weighted by atomic mass is 19.4. The van der Waals surface area contributed by atoms with Crippen molar-refractivity contribution in [2.45, 2.75) is 31.2 Å². The fourth-order valence-corrected chi connectivity index (χ4v) is 3.75. The summed E-state index contributed by atoms with van der Waals surface area (Å²) in [6.07, 6.45) is -2.22. The van der Waals surface area contributed by atoms with Gasteiger partial charge in [-0.3, -0.25) is 4.79 Å². The minimum absolute atomic E-state index is 0.00758. The molecule has 2 aliphatic rings. The lowest BCUT2D eigenvalue weighted by molar-refractivity contribution is -0.173. The zero-order valence-electron chi connectivity index (χ0n) is 16.0. The number of carbonyl (C=O) groups excluding carboxylic acids is 1. The van der Waals surface area contributed by atoms with E-state index in [0.29, 0.717) is 22.8 Å². The van der Waals surface area contributed by atoms with E-state index in [0.717, 1.165) is 10.9 Å². The number of furan rings is 1. The molecule has 0 radical (unpaired) electrons. The summed E-state index contributed by atoms with van der Waals surface area (Å²) >= 11 is 0. The summed E-state index contributed by atoms with van der Waals surface area (Å²) in [6.45, 7) is 0.166. The van der Waals surface area contributed by atoms with E-state index in [1.165, 1.54) is 6.26 Å². The summed E-state index contributed by atoms with van der Waals surface area (Å²) in [7, 11) is 0.